The van der Waals surface area contributed by atoms with Gasteiger partial charge >= 0.3 is 0 Å². The predicted octanol–water partition coefficient (Wildman–Crippen LogP) is 2.85. The number of nitrogens with zero attached hydrogens (tertiary/aromatic N) is 3. The summed E-state index contributed by atoms with van der Waals surface area (Å²) in [5, 5.41) is 7.99. The van der Waals surface area contributed by atoms with Crippen LogP contribution in [0.5, 0.6) is 0 Å². The van der Waals surface area contributed by atoms with Gasteiger partial charge in [0.15, 0.2) is 0 Å². The molecular formula is C16H24N4. The lowest BCUT2D eigenvalue weighted by Gasteiger charge is -2.21. The lowest BCUT2D eigenvalue weighted by atomic mass is 9.85. The molecule has 1 aromatic carbocycles. The van der Waals surface area contributed by atoms with Crippen molar-refractivity contribution in [3.63, 3.8) is 0 Å². The second-order valence-corrected chi connectivity index (χ2v) is 6.23. The van der Waals surface area contributed by atoms with E-state index < -0.39 is 0 Å². The van der Waals surface area contributed by atoms with Crippen LogP contribution in [0.2, 0.25) is 0 Å². The molecule has 4 nitrogen and oxygen atoms in total. The largest absolute Gasteiger partial charge is 0.330 e. The van der Waals surface area contributed by atoms with Crippen LogP contribution < -0.4 is 5.73 Å². The van der Waals surface area contributed by atoms with Gasteiger partial charge < -0.3 is 5.73 Å². The lowest BCUT2D eigenvalue weighted by molar-refractivity contribution is 0.587. The average molecular weight is 272 g/mol. The SMILES string of the molecule is CC(C)(C)c1cc(CCCCN)cc(-n2ccnn2)c1. The van der Waals surface area contributed by atoms with E-state index in [2.05, 4.69) is 49.3 Å². The van der Waals surface area contributed by atoms with Crippen LogP contribution in [0.4, 0.5) is 0 Å². The van der Waals surface area contributed by atoms with E-state index in [1.165, 1.54) is 11.1 Å². The standard InChI is InChI=1S/C16H24N4/c1-16(2,3)14-10-13(6-4-5-7-17)11-15(12-14)20-9-8-18-19-20/h8-12H,4-7,17H2,1-3H3. The summed E-state index contributed by atoms with van der Waals surface area (Å²) >= 11 is 0. The van der Waals surface area contributed by atoms with Crippen LogP contribution in [0.15, 0.2) is 30.6 Å². The van der Waals surface area contributed by atoms with Crippen LogP contribution in [-0.4, -0.2) is 21.5 Å². The molecule has 20 heavy (non-hydrogen) atoms. The van der Waals surface area contributed by atoms with Gasteiger partial charge in [-0.05, 0) is 54.5 Å². The fourth-order valence-corrected chi connectivity index (χ4v) is 2.20. The van der Waals surface area contributed by atoms with E-state index in [-0.39, 0.29) is 5.41 Å². The monoisotopic (exact) mass is 272 g/mol. The molecule has 108 valence electrons. The molecule has 0 aliphatic heterocycles. The van der Waals surface area contributed by atoms with Crippen molar-refractivity contribution in [2.24, 2.45) is 5.73 Å². The molecule has 0 spiro atoms. The van der Waals surface area contributed by atoms with Gasteiger partial charge in [-0.3, -0.25) is 0 Å². The third kappa shape index (κ3) is 3.67. The van der Waals surface area contributed by atoms with Crippen molar-refractivity contribution in [3.8, 4) is 5.69 Å². The molecule has 1 heterocycles. The van der Waals surface area contributed by atoms with E-state index in [4.69, 9.17) is 5.73 Å². The van der Waals surface area contributed by atoms with Crippen molar-refractivity contribution in [3.05, 3.63) is 41.7 Å². The number of nitrogens with two attached hydrogens (primary N) is 1. The third-order valence-corrected chi connectivity index (χ3v) is 3.45. The molecular weight excluding hydrogens is 248 g/mol. The average Bonchev–Trinajstić information content (AvgIpc) is 2.91. The summed E-state index contributed by atoms with van der Waals surface area (Å²) in [6.07, 6.45) is 6.84. The van der Waals surface area contributed by atoms with E-state index in [0.717, 1.165) is 31.5 Å². The minimum absolute atomic E-state index is 0.124. The van der Waals surface area contributed by atoms with Crippen LogP contribution in [0.25, 0.3) is 5.69 Å². The molecule has 2 aromatic rings. The Hall–Kier alpha value is -1.68. The molecule has 0 aliphatic carbocycles. The van der Waals surface area contributed by atoms with E-state index >= 15 is 0 Å². The zero-order valence-corrected chi connectivity index (χ0v) is 12.6. The first-order valence-electron chi connectivity index (χ1n) is 7.22. The number of aryl methyl sites for hydroxylation is 1. The number of hydrogen-bond acceptors (Lipinski definition) is 3. The molecule has 0 radical (unpaired) electrons. The number of rotatable bonds is 5. The molecule has 0 amide bonds. The Morgan fingerprint density at radius 2 is 1.95 bits per heavy atom. The smallest absolute Gasteiger partial charge is 0.0697 e. The van der Waals surface area contributed by atoms with Crippen LogP contribution in [0.3, 0.4) is 0 Å². The Morgan fingerprint density at radius 3 is 2.55 bits per heavy atom. The van der Waals surface area contributed by atoms with Crippen LogP contribution in [-0.2, 0) is 11.8 Å². The molecule has 4 heteroatoms. The Bertz CT molecular complexity index is 538. The highest BCUT2D eigenvalue weighted by Gasteiger charge is 2.16. The third-order valence-electron chi connectivity index (χ3n) is 3.45. The highest BCUT2D eigenvalue weighted by molar-refractivity contribution is 5.42. The molecule has 0 saturated heterocycles. The minimum atomic E-state index is 0.124. The molecule has 0 fully saturated rings. The number of unbranched alkanes of at least 4 members (excludes halogenated alkanes) is 1. The van der Waals surface area contributed by atoms with Crippen LogP contribution >= 0.6 is 0 Å². The van der Waals surface area contributed by atoms with Gasteiger partial charge in [0.2, 0.25) is 0 Å². The van der Waals surface area contributed by atoms with Gasteiger partial charge in [-0.15, -0.1) is 5.10 Å². The van der Waals surface area contributed by atoms with E-state index in [9.17, 15) is 0 Å². The van der Waals surface area contributed by atoms with Crippen LogP contribution in [0, 0.1) is 0 Å². The summed E-state index contributed by atoms with van der Waals surface area (Å²) in [5.41, 5.74) is 9.45. The molecule has 0 unspecified atom stereocenters. The molecule has 2 N–H and O–H groups in total. The van der Waals surface area contributed by atoms with E-state index in [1.54, 1.807) is 6.20 Å². The maximum atomic E-state index is 5.58. The Labute approximate surface area is 121 Å². The normalized spacial score (nSPS) is 11.8. The molecule has 0 saturated carbocycles. The second kappa shape index (κ2) is 6.18. The summed E-state index contributed by atoms with van der Waals surface area (Å²) < 4.78 is 1.82. The zero-order valence-electron chi connectivity index (χ0n) is 12.6. The quantitative estimate of drug-likeness (QED) is 0.851. The fraction of sp³-hybridized carbons (Fsp3) is 0.500. The summed E-state index contributed by atoms with van der Waals surface area (Å²) in [4.78, 5) is 0. The van der Waals surface area contributed by atoms with Crippen molar-refractivity contribution in [2.75, 3.05) is 6.54 Å². The highest BCUT2D eigenvalue weighted by Crippen LogP contribution is 2.26. The van der Waals surface area contributed by atoms with Gasteiger partial charge in [0.05, 0.1) is 18.1 Å². The molecule has 1 aromatic heterocycles. The topological polar surface area (TPSA) is 56.7 Å². The van der Waals surface area contributed by atoms with Gasteiger partial charge in [-0.25, -0.2) is 4.68 Å². The number of benzene rings is 1. The summed E-state index contributed by atoms with van der Waals surface area (Å²) in [7, 11) is 0. The number of hydrogen-bond donors (Lipinski definition) is 1. The second-order valence-electron chi connectivity index (χ2n) is 6.23. The van der Waals surface area contributed by atoms with Crippen molar-refractivity contribution < 1.29 is 0 Å². The van der Waals surface area contributed by atoms with Crippen molar-refractivity contribution in [1.29, 1.82) is 0 Å². The molecule has 0 atom stereocenters. The highest BCUT2D eigenvalue weighted by atomic mass is 15.4. The summed E-state index contributed by atoms with van der Waals surface area (Å²) in [5.74, 6) is 0. The Morgan fingerprint density at radius 1 is 1.15 bits per heavy atom. The maximum Gasteiger partial charge on any atom is 0.0697 e. The fourth-order valence-electron chi connectivity index (χ4n) is 2.20. The molecule has 0 bridgehead atoms. The summed E-state index contributed by atoms with van der Waals surface area (Å²) in [6.45, 7) is 7.46. The van der Waals surface area contributed by atoms with Gasteiger partial charge in [0.25, 0.3) is 0 Å². The van der Waals surface area contributed by atoms with E-state index in [1.807, 2.05) is 10.9 Å². The van der Waals surface area contributed by atoms with Gasteiger partial charge in [0, 0.05) is 0 Å². The van der Waals surface area contributed by atoms with E-state index in [0.29, 0.717) is 0 Å². The molecule has 2 rings (SSSR count). The Balaban J connectivity index is 2.34. The molecule has 0 aliphatic rings. The van der Waals surface area contributed by atoms with Gasteiger partial charge in [-0.1, -0.05) is 32.1 Å². The van der Waals surface area contributed by atoms with Crippen molar-refractivity contribution in [2.45, 2.75) is 45.4 Å². The summed E-state index contributed by atoms with van der Waals surface area (Å²) in [6, 6.07) is 6.69. The van der Waals surface area contributed by atoms with Gasteiger partial charge in [-0.2, -0.15) is 0 Å². The van der Waals surface area contributed by atoms with Crippen molar-refractivity contribution >= 4 is 0 Å². The first-order chi connectivity index (χ1) is 9.50. The maximum absolute atomic E-state index is 5.58. The van der Waals surface area contributed by atoms with Crippen LogP contribution in [0.1, 0.15) is 44.7 Å². The minimum Gasteiger partial charge on any atom is -0.330 e. The first kappa shape index (κ1) is 14.7. The lowest BCUT2D eigenvalue weighted by Crippen LogP contribution is -2.13. The predicted molar refractivity (Wildman–Crippen MR) is 82.1 cm³/mol. The zero-order chi connectivity index (χ0) is 14.6. The first-order valence-corrected chi connectivity index (χ1v) is 7.22. The van der Waals surface area contributed by atoms with Crippen molar-refractivity contribution in [1.82, 2.24) is 15.0 Å². The Kier molecular flexibility index (Phi) is 4.55. The van der Waals surface area contributed by atoms with Gasteiger partial charge in [0.1, 0.15) is 0 Å². The number of aromatic nitrogens is 3.